The minimum absolute atomic E-state index is 0.00251. The van der Waals surface area contributed by atoms with Crippen LogP contribution in [-0.2, 0) is 18.4 Å². The van der Waals surface area contributed by atoms with Crippen molar-refractivity contribution in [2.24, 2.45) is 12.5 Å². The van der Waals surface area contributed by atoms with Gasteiger partial charge in [-0.15, -0.1) is 0 Å². The second kappa shape index (κ2) is 6.55. The predicted molar refractivity (Wildman–Crippen MR) is 95.0 cm³/mol. The van der Waals surface area contributed by atoms with Crippen molar-refractivity contribution in [2.45, 2.75) is 25.8 Å². The van der Waals surface area contributed by atoms with Crippen molar-refractivity contribution < 1.29 is 9.59 Å². The Morgan fingerprint density at radius 1 is 1.19 bits per heavy atom. The first-order valence-corrected chi connectivity index (χ1v) is 9.00. The molecule has 1 spiro atoms. The van der Waals surface area contributed by atoms with Gasteiger partial charge in [0, 0.05) is 69.8 Å². The molecule has 2 aliphatic rings. The Labute approximate surface area is 152 Å². The number of amides is 2. The fourth-order valence-corrected chi connectivity index (χ4v) is 4.07. The van der Waals surface area contributed by atoms with Crippen LogP contribution in [-0.4, -0.2) is 55.8 Å². The van der Waals surface area contributed by atoms with E-state index >= 15 is 0 Å². The molecule has 7 heteroatoms. The minimum Gasteiger partial charge on any atom is -0.338 e. The maximum atomic E-state index is 12.6. The van der Waals surface area contributed by atoms with E-state index in [0.717, 1.165) is 24.9 Å². The molecule has 2 aromatic heterocycles. The van der Waals surface area contributed by atoms with Crippen LogP contribution < -0.4 is 0 Å². The van der Waals surface area contributed by atoms with Crippen LogP contribution in [0.3, 0.4) is 0 Å². The number of rotatable bonds is 3. The number of imidazole rings is 1. The second-order valence-corrected chi connectivity index (χ2v) is 7.44. The van der Waals surface area contributed by atoms with E-state index in [4.69, 9.17) is 0 Å². The van der Waals surface area contributed by atoms with Gasteiger partial charge in [-0.2, -0.15) is 0 Å². The molecule has 0 bridgehead atoms. The predicted octanol–water partition coefficient (Wildman–Crippen LogP) is 1.47. The van der Waals surface area contributed by atoms with E-state index < -0.39 is 0 Å². The third-order valence-electron chi connectivity index (χ3n) is 5.65. The highest BCUT2D eigenvalue weighted by atomic mass is 16.2. The Hall–Kier alpha value is -2.70. The van der Waals surface area contributed by atoms with Crippen LogP contribution in [0.5, 0.6) is 0 Å². The van der Waals surface area contributed by atoms with E-state index in [2.05, 4.69) is 9.97 Å². The molecule has 0 saturated carbocycles. The first-order valence-electron chi connectivity index (χ1n) is 9.00. The van der Waals surface area contributed by atoms with Crippen molar-refractivity contribution in [1.29, 1.82) is 0 Å². The number of hydrogen-bond acceptors (Lipinski definition) is 4. The molecule has 2 aromatic rings. The number of likely N-dealkylation sites (tertiary alicyclic amines) is 2. The standard InChI is InChI=1S/C19H23N5O2/c1-22-11-8-21-17(22)18(26)23-9-4-19(5-10-23)12-16(25)24(14-19)13-15-2-6-20-7-3-15/h2-3,6-8,11H,4-5,9-10,12-14H2,1H3. The summed E-state index contributed by atoms with van der Waals surface area (Å²) in [6, 6.07) is 3.90. The summed E-state index contributed by atoms with van der Waals surface area (Å²) >= 11 is 0. The summed E-state index contributed by atoms with van der Waals surface area (Å²) in [4.78, 5) is 37.1. The van der Waals surface area contributed by atoms with E-state index in [1.54, 1.807) is 29.4 Å². The topological polar surface area (TPSA) is 71.3 Å². The second-order valence-electron chi connectivity index (χ2n) is 7.44. The number of carbonyl (C=O) groups excluding carboxylic acids is 2. The summed E-state index contributed by atoms with van der Waals surface area (Å²) < 4.78 is 1.75. The van der Waals surface area contributed by atoms with E-state index in [0.29, 0.717) is 31.9 Å². The molecule has 0 unspecified atom stereocenters. The van der Waals surface area contributed by atoms with Gasteiger partial charge in [-0.1, -0.05) is 0 Å². The Morgan fingerprint density at radius 2 is 1.92 bits per heavy atom. The Morgan fingerprint density at radius 3 is 2.58 bits per heavy atom. The Bertz CT molecular complexity index is 808. The smallest absolute Gasteiger partial charge is 0.289 e. The molecule has 7 nitrogen and oxygen atoms in total. The van der Waals surface area contributed by atoms with Crippen LogP contribution in [0.2, 0.25) is 0 Å². The summed E-state index contributed by atoms with van der Waals surface area (Å²) in [7, 11) is 1.83. The monoisotopic (exact) mass is 353 g/mol. The number of piperidine rings is 1. The van der Waals surface area contributed by atoms with Gasteiger partial charge < -0.3 is 14.4 Å². The highest BCUT2D eigenvalue weighted by Gasteiger charge is 2.45. The van der Waals surface area contributed by atoms with Crippen LogP contribution in [0.1, 0.15) is 35.4 Å². The van der Waals surface area contributed by atoms with Crippen LogP contribution in [0.25, 0.3) is 0 Å². The summed E-state index contributed by atoms with van der Waals surface area (Å²) in [5.74, 6) is 0.666. The lowest BCUT2D eigenvalue weighted by Gasteiger charge is -2.38. The molecular formula is C19H23N5O2. The van der Waals surface area contributed by atoms with Crippen LogP contribution in [0.4, 0.5) is 0 Å². The summed E-state index contributed by atoms with van der Waals surface area (Å²) in [5, 5.41) is 0. The molecule has 0 aliphatic carbocycles. The zero-order valence-corrected chi connectivity index (χ0v) is 15.0. The molecule has 26 heavy (non-hydrogen) atoms. The van der Waals surface area contributed by atoms with Gasteiger partial charge in [-0.05, 0) is 30.5 Å². The van der Waals surface area contributed by atoms with E-state index in [1.165, 1.54) is 0 Å². The normalized spacial score (nSPS) is 19.3. The maximum absolute atomic E-state index is 12.6. The number of pyridine rings is 1. The Kier molecular flexibility index (Phi) is 4.22. The van der Waals surface area contributed by atoms with Crippen LogP contribution >= 0.6 is 0 Å². The fourth-order valence-electron chi connectivity index (χ4n) is 4.07. The van der Waals surface area contributed by atoms with E-state index in [9.17, 15) is 9.59 Å². The van der Waals surface area contributed by atoms with Crippen molar-refractivity contribution in [3.05, 3.63) is 48.3 Å². The van der Waals surface area contributed by atoms with Gasteiger partial charge in [0.15, 0.2) is 5.82 Å². The van der Waals surface area contributed by atoms with E-state index in [-0.39, 0.29) is 17.2 Å². The fraction of sp³-hybridized carbons (Fsp3) is 0.474. The summed E-state index contributed by atoms with van der Waals surface area (Å²) in [5.41, 5.74) is 1.11. The number of carbonyl (C=O) groups is 2. The molecule has 0 atom stereocenters. The molecule has 2 fully saturated rings. The first-order chi connectivity index (χ1) is 12.6. The van der Waals surface area contributed by atoms with Crippen molar-refractivity contribution in [3.63, 3.8) is 0 Å². The average molecular weight is 353 g/mol. The number of aryl methyl sites for hydroxylation is 1. The van der Waals surface area contributed by atoms with Crippen LogP contribution in [0.15, 0.2) is 36.9 Å². The molecule has 136 valence electrons. The van der Waals surface area contributed by atoms with Gasteiger partial charge in [0.1, 0.15) is 0 Å². The van der Waals surface area contributed by atoms with Gasteiger partial charge in [-0.25, -0.2) is 4.98 Å². The number of hydrogen-bond donors (Lipinski definition) is 0. The largest absolute Gasteiger partial charge is 0.338 e. The quantitative estimate of drug-likeness (QED) is 0.838. The molecule has 4 heterocycles. The third-order valence-corrected chi connectivity index (χ3v) is 5.65. The lowest BCUT2D eigenvalue weighted by Crippen LogP contribution is -2.44. The SMILES string of the molecule is Cn1ccnc1C(=O)N1CCC2(CC1)CC(=O)N(Cc1ccncc1)C2. The number of aromatic nitrogens is 3. The number of nitrogens with zero attached hydrogens (tertiary/aromatic N) is 5. The maximum Gasteiger partial charge on any atom is 0.289 e. The molecule has 0 radical (unpaired) electrons. The molecule has 2 amide bonds. The zero-order valence-electron chi connectivity index (χ0n) is 15.0. The highest BCUT2D eigenvalue weighted by Crippen LogP contribution is 2.41. The summed E-state index contributed by atoms with van der Waals surface area (Å²) in [6.07, 6.45) is 9.25. The molecular weight excluding hydrogens is 330 g/mol. The van der Waals surface area contributed by atoms with Gasteiger partial charge >= 0.3 is 0 Å². The highest BCUT2D eigenvalue weighted by molar-refractivity contribution is 5.91. The summed E-state index contributed by atoms with van der Waals surface area (Å²) in [6.45, 7) is 2.78. The lowest BCUT2D eigenvalue weighted by atomic mass is 9.77. The third kappa shape index (κ3) is 3.09. The molecule has 4 rings (SSSR count). The first kappa shape index (κ1) is 16.8. The van der Waals surface area contributed by atoms with Crippen molar-refractivity contribution in [1.82, 2.24) is 24.3 Å². The van der Waals surface area contributed by atoms with Crippen LogP contribution in [0, 0.1) is 5.41 Å². The Balaban J connectivity index is 1.39. The average Bonchev–Trinajstić information content (AvgIpc) is 3.20. The minimum atomic E-state index is -0.0229. The molecule has 2 aliphatic heterocycles. The van der Waals surface area contributed by atoms with Gasteiger partial charge in [0.05, 0.1) is 0 Å². The zero-order chi connectivity index (χ0) is 18.1. The van der Waals surface area contributed by atoms with Gasteiger partial charge in [0.2, 0.25) is 5.91 Å². The van der Waals surface area contributed by atoms with Crippen molar-refractivity contribution in [2.75, 3.05) is 19.6 Å². The van der Waals surface area contributed by atoms with Crippen molar-refractivity contribution >= 4 is 11.8 Å². The van der Waals surface area contributed by atoms with Gasteiger partial charge in [-0.3, -0.25) is 14.6 Å². The van der Waals surface area contributed by atoms with Gasteiger partial charge in [0.25, 0.3) is 5.91 Å². The van der Waals surface area contributed by atoms with Crippen molar-refractivity contribution in [3.8, 4) is 0 Å². The molecule has 2 saturated heterocycles. The molecule has 0 N–H and O–H groups in total. The van der Waals surface area contributed by atoms with E-state index in [1.807, 2.05) is 29.0 Å². The molecule has 0 aromatic carbocycles. The lowest BCUT2D eigenvalue weighted by molar-refractivity contribution is -0.128.